The van der Waals surface area contributed by atoms with Crippen molar-refractivity contribution >= 4 is 23.4 Å². The van der Waals surface area contributed by atoms with Gasteiger partial charge in [-0.25, -0.2) is 4.68 Å². The number of carbonyl (C=O) groups excluding carboxylic acids is 2. The van der Waals surface area contributed by atoms with Gasteiger partial charge in [0.05, 0.1) is 19.2 Å². The van der Waals surface area contributed by atoms with E-state index in [2.05, 4.69) is 15.6 Å². The third-order valence-corrected chi connectivity index (χ3v) is 3.88. The van der Waals surface area contributed by atoms with Gasteiger partial charge in [-0.15, -0.1) is 5.10 Å². The molecule has 2 aromatic carbocycles. The molecule has 0 fully saturated rings. The number of rotatable bonds is 5. The number of halogens is 1. The molecule has 1 heterocycles. The summed E-state index contributed by atoms with van der Waals surface area (Å²) in [5.41, 5.74) is 1.34. The number of amides is 2. The highest BCUT2D eigenvalue weighted by molar-refractivity contribution is 6.32. The van der Waals surface area contributed by atoms with E-state index < -0.39 is 11.8 Å². The Morgan fingerprint density at radius 2 is 1.81 bits per heavy atom. The molecule has 0 aliphatic carbocycles. The molecule has 3 rings (SSSR count). The molecular weight excluding hydrogens is 356 g/mol. The highest BCUT2D eigenvalue weighted by atomic mass is 35.5. The van der Waals surface area contributed by atoms with E-state index in [1.165, 1.54) is 4.68 Å². The van der Waals surface area contributed by atoms with Gasteiger partial charge in [0.15, 0.2) is 10.8 Å². The molecule has 0 aliphatic rings. The average Bonchev–Trinajstić information content (AvgIpc) is 3.04. The molecule has 0 bridgehead atoms. The van der Waals surface area contributed by atoms with Gasteiger partial charge in [-0.2, -0.15) is 0 Å². The van der Waals surface area contributed by atoms with Crippen LogP contribution in [0.3, 0.4) is 0 Å². The summed E-state index contributed by atoms with van der Waals surface area (Å²) in [5.74, 6) is -0.458. The van der Waals surface area contributed by atoms with Crippen molar-refractivity contribution in [2.24, 2.45) is 0 Å². The second-order valence-electron chi connectivity index (χ2n) is 5.38. The number of ether oxygens (including phenoxy) is 1. The van der Waals surface area contributed by atoms with Crippen molar-refractivity contribution in [1.29, 1.82) is 0 Å². The average molecular weight is 371 g/mol. The third kappa shape index (κ3) is 3.89. The minimum absolute atomic E-state index is 0.0155. The number of hydrogen-bond acceptors (Lipinski definition) is 5. The van der Waals surface area contributed by atoms with Crippen LogP contribution in [0.5, 0.6) is 5.75 Å². The molecule has 8 heteroatoms. The molecule has 1 N–H and O–H groups in total. The second-order valence-corrected chi connectivity index (χ2v) is 5.74. The van der Waals surface area contributed by atoms with Gasteiger partial charge in [-0.05, 0) is 29.8 Å². The first-order valence-electron chi connectivity index (χ1n) is 7.72. The highest BCUT2D eigenvalue weighted by Crippen LogP contribution is 2.19. The maximum Gasteiger partial charge on any atom is 0.279 e. The van der Waals surface area contributed by atoms with Crippen LogP contribution in [0, 0.1) is 0 Å². The summed E-state index contributed by atoms with van der Waals surface area (Å²) >= 11 is 6.00. The molecule has 26 heavy (non-hydrogen) atoms. The first-order valence-corrected chi connectivity index (χ1v) is 8.10. The van der Waals surface area contributed by atoms with Crippen LogP contribution < -0.4 is 10.1 Å². The lowest BCUT2D eigenvalue weighted by atomic mass is 10.1. The summed E-state index contributed by atoms with van der Waals surface area (Å²) in [7, 11) is 1.55. The largest absolute Gasteiger partial charge is 0.497 e. The third-order valence-electron chi connectivity index (χ3n) is 3.62. The first kappa shape index (κ1) is 17.6. The van der Waals surface area contributed by atoms with Gasteiger partial charge in [0.2, 0.25) is 5.91 Å². The van der Waals surface area contributed by atoms with Crippen molar-refractivity contribution in [1.82, 2.24) is 20.3 Å². The quantitative estimate of drug-likeness (QED) is 0.745. The molecule has 0 unspecified atom stereocenters. The Hall–Kier alpha value is -3.19. The van der Waals surface area contributed by atoms with Gasteiger partial charge in [0.1, 0.15) is 5.75 Å². The summed E-state index contributed by atoms with van der Waals surface area (Å²) in [5, 5.41) is 9.82. The lowest BCUT2D eigenvalue weighted by molar-refractivity contribution is -0.119. The van der Waals surface area contributed by atoms with E-state index in [-0.39, 0.29) is 17.3 Å². The summed E-state index contributed by atoms with van der Waals surface area (Å²) < 4.78 is 6.37. The van der Waals surface area contributed by atoms with Crippen LogP contribution in [0.4, 0.5) is 0 Å². The number of imide groups is 1. The van der Waals surface area contributed by atoms with Gasteiger partial charge in [0.25, 0.3) is 5.91 Å². The topological polar surface area (TPSA) is 86.1 Å². The molecular formula is C18H15ClN4O3. The van der Waals surface area contributed by atoms with Crippen LogP contribution >= 0.6 is 11.6 Å². The van der Waals surface area contributed by atoms with Crippen molar-refractivity contribution in [3.8, 4) is 11.4 Å². The Morgan fingerprint density at radius 3 is 2.46 bits per heavy atom. The summed E-state index contributed by atoms with van der Waals surface area (Å²) in [6, 6.07) is 15.9. The van der Waals surface area contributed by atoms with E-state index in [1.807, 2.05) is 18.2 Å². The molecule has 0 radical (unpaired) electrons. The molecule has 1 aromatic heterocycles. The minimum Gasteiger partial charge on any atom is -0.497 e. The summed E-state index contributed by atoms with van der Waals surface area (Å²) in [6.45, 7) is 0. The molecule has 2 amide bonds. The van der Waals surface area contributed by atoms with Crippen LogP contribution in [0.25, 0.3) is 5.69 Å². The van der Waals surface area contributed by atoms with Gasteiger partial charge < -0.3 is 4.74 Å². The molecule has 0 saturated heterocycles. The molecule has 3 aromatic rings. The molecule has 0 spiro atoms. The second kappa shape index (κ2) is 7.79. The maximum atomic E-state index is 12.5. The van der Waals surface area contributed by atoms with Crippen molar-refractivity contribution < 1.29 is 14.3 Å². The zero-order valence-electron chi connectivity index (χ0n) is 13.8. The normalized spacial score (nSPS) is 10.4. The SMILES string of the molecule is COc1ccc(-n2nnc(Cl)c2C(=O)NC(=O)Cc2ccccc2)cc1. The standard InChI is InChI=1S/C18H15ClN4O3/c1-26-14-9-7-13(8-10-14)23-16(17(19)21-22-23)18(25)20-15(24)11-12-5-3-2-4-6-12/h2-10H,11H2,1H3,(H,20,24,25). The Morgan fingerprint density at radius 1 is 1.12 bits per heavy atom. The Bertz CT molecular complexity index is 923. The molecule has 0 aliphatic heterocycles. The van der Waals surface area contributed by atoms with Gasteiger partial charge in [0, 0.05) is 0 Å². The Labute approximate surface area is 154 Å². The molecule has 0 atom stereocenters. The van der Waals surface area contributed by atoms with Crippen LogP contribution in [0.2, 0.25) is 5.15 Å². The number of nitrogens with zero attached hydrogens (tertiary/aromatic N) is 3. The lowest BCUT2D eigenvalue weighted by Gasteiger charge is -2.08. The molecule has 0 saturated carbocycles. The zero-order valence-corrected chi connectivity index (χ0v) is 14.6. The zero-order chi connectivity index (χ0) is 18.5. The number of aromatic nitrogens is 3. The van der Waals surface area contributed by atoms with E-state index in [0.717, 1.165) is 5.56 Å². The van der Waals surface area contributed by atoms with Crippen molar-refractivity contribution in [3.05, 3.63) is 71.0 Å². The fourth-order valence-corrected chi connectivity index (χ4v) is 2.57. The molecule has 7 nitrogen and oxygen atoms in total. The number of benzene rings is 2. The number of methoxy groups -OCH3 is 1. The van der Waals surface area contributed by atoms with Crippen molar-refractivity contribution in [3.63, 3.8) is 0 Å². The van der Waals surface area contributed by atoms with E-state index in [4.69, 9.17) is 16.3 Å². The Balaban J connectivity index is 1.79. The summed E-state index contributed by atoms with van der Waals surface area (Å²) in [4.78, 5) is 24.6. The van der Waals surface area contributed by atoms with E-state index in [0.29, 0.717) is 11.4 Å². The van der Waals surface area contributed by atoms with Crippen LogP contribution in [0.15, 0.2) is 54.6 Å². The van der Waals surface area contributed by atoms with Crippen LogP contribution in [0.1, 0.15) is 16.1 Å². The fraction of sp³-hybridized carbons (Fsp3) is 0.111. The summed E-state index contributed by atoms with van der Waals surface area (Å²) in [6.07, 6.45) is 0.0777. The molecule has 132 valence electrons. The van der Waals surface area contributed by atoms with Crippen LogP contribution in [-0.4, -0.2) is 33.9 Å². The van der Waals surface area contributed by atoms with Crippen molar-refractivity contribution in [2.75, 3.05) is 7.11 Å². The van der Waals surface area contributed by atoms with Gasteiger partial charge >= 0.3 is 0 Å². The van der Waals surface area contributed by atoms with Crippen molar-refractivity contribution in [2.45, 2.75) is 6.42 Å². The van der Waals surface area contributed by atoms with Gasteiger partial charge in [-0.3, -0.25) is 14.9 Å². The smallest absolute Gasteiger partial charge is 0.279 e. The van der Waals surface area contributed by atoms with Crippen LogP contribution in [-0.2, 0) is 11.2 Å². The minimum atomic E-state index is -0.670. The predicted molar refractivity (Wildman–Crippen MR) is 95.5 cm³/mol. The van der Waals surface area contributed by atoms with E-state index in [1.54, 1.807) is 43.5 Å². The lowest BCUT2D eigenvalue weighted by Crippen LogP contribution is -2.33. The monoisotopic (exact) mass is 370 g/mol. The van der Waals surface area contributed by atoms with E-state index in [9.17, 15) is 9.59 Å². The number of nitrogens with one attached hydrogen (secondary N) is 1. The fourth-order valence-electron chi connectivity index (χ4n) is 2.37. The first-order chi connectivity index (χ1) is 12.6. The highest BCUT2D eigenvalue weighted by Gasteiger charge is 2.22. The Kier molecular flexibility index (Phi) is 5.28. The number of hydrogen-bond donors (Lipinski definition) is 1. The number of carbonyl (C=O) groups is 2. The maximum absolute atomic E-state index is 12.5. The van der Waals surface area contributed by atoms with Gasteiger partial charge in [-0.1, -0.05) is 47.1 Å². The van der Waals surface area contributed by atoms with E-state index >= 15 is 0 Å². The predicted octanol–water partition coefficient (Wildman–Crippen LogP) is 2.43.